The third-order valence-corrected chi connectivity index (χ3v) is 7.94. The highest BCUT2D eigenvalue weighted by atomic mass is 16.5. The van der Waals surface area contributed by atoms with Crippen molar-refractivity contribution in [3.63, 3.8) is 0 Å². The van der Waals surface area contributed by atoms with E-state index in [9.17, 15) is 9.59 Å². The van der Waals surface area contributed by atoms with Crippen LogP contribution < -0.4 is 5.56 Å². The van der Waals surface area contributed by atoms with E-state index < -0.39 is 0 Å². The Morgan fingerprint density at radius 2 is 1.89 bits per heavy atom. The number of ether oxygens (including phenoxy) is 1. The first-order valence-corrected chi connectivity index (χ1v) is 13.2. The minimum absolute atomic E-state index is 0.0374. The van der Waals surface area contributed by atoms with Crippen LogP contribution in [0.3, 0.4) is 0 Å². The molecule has 0 amide bonds. The summed E-state index contributed by atoms with van der Waals surface area (Å²) in [6, 6.07) is 15.7. The molecule has 0 aliphatic heterocycles. The average molecular weight is 474 g/mol. The molecule has 1 aromatic carbocycles. The van der Waals surface area contributed by atoms with Crippen LogP contribution in [0.15, 0.2) is 77.1 Å². The van der Waals surface area contributed by atoms with Crippen LogP contribution in [-0.2, 0) is 22.5 Å². The van der Waals surface area contributed by atoms with Gasteiger partial charge in [0.15, 0.2) is 0 Å². The molecule has 0 saturated heterocycles. The molecule has 2 aliphatic rings. The monoisotopic (exact) mass is 473 g/mol. The number of nitrogens with zero attached hydrogens (tertiary/aromatic N) is 1. The van der Waals surface area contributed by atoms with Crippen LogP contribution in [0.2, 0.25) is 0 Å². The first kappa shape index (κ1) is 25.2. The molecule has 0 bridgehead atoms. The number of benzene rings is 1. The second-order valence-electron chi connectivity index (χ2n) is 10.5. The second kappa shape index (κ2) is 11.2. The van der Waals surface area contributed by atoms with E-state index in [0.717, 1.165) is 36.9 Å². The van der Waals surface area contributed by atoms with Crippen LogP contribution in [-0.4, -0.2) is 16.6 Å². The Bertz CT molecular complexity index is 1130. The van der Waals surface area contributed by atoms with Crippen molar-refractivity contribution in [1.82, 2.24) is 4.57 Å². The Labute approximate surface area is 209 Å². The van der Waals surface area contributed by atoms with Gasteiger partial charge in [0.25, 0.3) is 5.56 Å². The number of hydrogen-bond acceptors (Lipinski definition) is 3. The van der Waals surface area contributed by atoms with Gasteiger partial charge in [0, 0.05) is 17.7 Å². The summed E-state index contributed by atoms with van der Waals surface area (Å²) in [6.45, 7) is 9.04. The van der Waals surface area contributed by atoms with E-state index in [2.05, 4.69) is 50.3 Å². The Morgan fingerprint density at radius 3 is 2.63 bits per heavy atom. The number of esters is 1. The molecule has 0 N–H and O–H groups in total. The number of carbonyl (C=O) groups excluding carboxylic acids is 1. The van der Waals surface area contributed by atoms with Gasteiger partial charge in [-0.25, -0.2) is 0 Å². The number of aryl methyl sites for hydroxylation is 1. The number of carbonyl (C=O) groups is 1. The van der Waals surface area contributed by atoms with Crippen molar-refractivity contribution in [2.75, 3.05) is 0 Å². The molecule has 0 saturated carbocycles. The summed E-state index contributed by atoms with van der Waals surface area (Å²) >= 11 is 0. The highest BCUT2D eigenvalue weighted by molar-refractivity contribution is 5.72. The smallest absolute Gasteiger partial charge is 0.308 e. The van der Waals surface area contributed by atoms with Gasteiger partial charge in [-0.1, -0.05) is 82.3 Å². The molecule has 0 fully saturated rings. The van der Waals surface area contributed by atoms with Crippen molar-refractivity contribution in [2.45, 2.75) is 66.0 Å². The van der Waals surface area contributed by atoms with Gasteiger partial charge in [0.05, 0.1) is 12.5 Å². The zero-order chi connectivity index (χ0) is 24.9. The van der Waals surface area contributed by atoms with E-state index in [1.807, 2.05) is 42.7 Å². The highest BCUT2D eigenvalue weighted by Gasteiger charge is 2.41. The molecule has 35 heavy (non-hydrogen) atoms. The first-order chi connectivity index (χ1) is 16.9. The number of hydrogen-bond donors (Lipinski definition) is 0. The van der Waals surface area contributed by atoms with Crippen molar-refractivity contribution < 1.29 is 9.53 Å². The molecule has 2 aromatic rings. The minimum atomic E-state index is -0.0915. The number of rotatable bonds is 8. The molecule has 4 rings (SSSR count). The minimum Gasteiger partial charge on any atom is -0.461 e. The summed E-state index contributed by atoms with van der Waals surface area (Å²) in [4.78, 5) is 25.5. The zero-order valence-electron chi connectivity index (χ0n) is 21.5. The van der Waals surface area contributed by atoms with Gasteiger partial charge in [-0.2, -0.15) is 0 Å². The summed E-state index contributed by atoms with van der Waals surface area (Å²) in [5.74, 6) is 1.18. The van der Waals surface area contributed by atoms with Crippen LogP contribution in [0, 0.1) is 29.6 Å². The van der Waals surface area contributed by atoms with Gasteiger partial charge >= 0.3 is 5.97 Å². The summed E-state index contributed by atoms with van der Waals surface area (Å²) < 4.78 is 8.07. The predicted molar refractivity (Wildman–Crippen MR) is 141 cm³/mol. The second-order valence-corrected chi connectivity index (χ2v) is 10.5. The average Bonchev–Trinajstić information content (AvgIpc) is 2.85. The Balaban J connectivity index is 1.57. The largest absolute Gasteiger partial charge is 0.461 e. The van der Waals surface area contributed by atoms with Gasteiger partial charge < -0.3 is 9.30 Å². The summed E-state index contributed by atoms with van der Waals surface area (Å²) in [5, 5.41) is 0. The van der Waals surface area contributed by atoms with Gasteiger partial charge in [-0.15, -0.1) is 0 Å². The Morgan fingerprint density at radius 1 is 1.11 bits per heavy atom. The lowest BCUT2D eigenvalue weighted by molar-refractivity contribution is -0.158. The predicted octanol–water partition coefficient (Wildman–Crippen LogP) is 6.19. The Kier molecular flexibility index (Phi) is 8.10. The van der Waals surface area contributed by atoms with Crippen LogP contribution >= 0.6 is 0 Å². The lowest BCUT2D eigenvalue weighted by Gasteiger charge is -2.43. The molecule has 1 aromatic heterocycles. The molecule has 0 spiro atoms. The van der Waals surface area contributed by atoms with Crippen molar-refractivity contribution in [2.24, 2.45) is 29.6 Å². The molecular formula is C31H39NO3. The number of aromatic nitrogens is 1. The van der Waals surface area contributed by atoms with E-state index in [1.165, 1.54) is 5.57 Å². The quantitative estimate of drug-likeness (QED) is 0.430. The molecule has 6 unspecified atom stereocenters. The van der Waals surface area contributed by atoms with Gasteiger partial charge in [0.2, 0.25) is 0 Å². The van der Waals surface area contributed by atoms with Gasteiger partial charge in [0.1, 0.15) is 6.10 Å². The maximum absolute atomic E-state index is 12.8. The maximum Gasteiger partial charge on any atom is 0.308 e. The van der Waals surface area contributed by atoms with Crippen molar-refractivity contribution >= 4 is 5.97 Å². The lowest BCUT2D eigenvalue weighted by Crippen LogP contribution is -2.41. The fourth-order valence-corrected chi connectivity index (χ4v) is 5.69. The SMILES string of the molecule is CCC(C)C(=O)OC1CC(C)C=C2C=CC(C)C(CCc3cccc(=O)n3Cc3ccccc3)C21. The van der Waals surface area contributed by atoms with E-state index in [1.54, 1.807) is 6.07 Å². The van der Waals surface area contributed by atoms with Crippen molar-refractivity contribution in [3.8, 4) is 0 Å². The topological polar surface area (TPSA) is 48.3 Å². The molecule has 4 heteroatoms. The van der Waals surface area contributed by atoms with Crippen LogP contribution in [0.4, 0.5) is 0 Å². The number of fused-ring (bicyclic) bond motifs is 1. The summed E-state index contributed by atoms with van der Waals surface area (Å²) in [5.41, 5.74) is 3.53. The number of pyridine rings is 1. The van der Waals surface area contributed by atoms with Crippen LogP contribution in [0.5, 0.6) is 0 Å². The molecular weight excluding hydrogens is 434 g/mol. The Hall–Kier alpha value is -2.88. The third-order valence-electron chi connectivity index (χ3n) is 7.94. The van der Waals surface area contributed by atoms with Gasteiger partial charge in [-0.3, -0.25) is 9.59 Å². The molecule has 1 heterocycles. The third kappa shape index (κ3) is 5.86. The van der Waals surface area contributed by atoms with Crippen molar-refractivity contribution in [1.29, 1.82) is 0 Å². The lowest BCUT2D eigenvalue weighted by atomic mass is 9.65. The van der Waals surface area contributed by atoms with E-state index in [-0.39, 0.29) is 29.5 Å². The standard InChI is InChI=1S/C31H39NO3/c1-5-22(3)31(34)35-28-19-21(2)18-25-15-14-23(4)27(30(25)28)17-16-26-12-9-13-29(33)32(26)20-24-10-7-6-8-11-24/h6-15,18,21-23,27-28,30H,5,16-17,19-20H2,1-4H3. The van der Waals surface area contributed by atoms with Crippen LogP contribution in [0.1, 0.15) is 58.2 Å². The maximum atomic E-state index is 12.8. The van der Waals surface area contributed by atoms with Crippen LogP contribution in [0.25, 0.3) is 0 Å². The number of allylic oxidation sites excluding steroid dienone is 3. The molecule has 186 valence electrons. The van der Waals surface area contributed by atoms with E-state index in [4.69, 9.17) is 4.74 Å². The van der Waals surface area contributed by atoms with Gasteiger partial charge in [-0.05, 0) is 60.6 Å². The summed E-state index contributed by atoms with van der Waals surface area (Å²) in [6.07, 6.45) is 10.3. The molecule has 0 radical (unpaired) electrons. The van der Waals surface area contributed by atoms with E-state index >= 15 is 0 Å². The normalized spacial score (nSPS) is 26.5. The fraction of sp³-hybridized carbons (Fsp3) is 0.484. The highest BCUT2D eigenvalue weighted by Crippen LogP contribution is 2.44. The fourth-order valence-electron chi connectivity index (χ4n) is 5.69. The zero-order valence-corrected chi connectivity index (χ0v) is 21.5. The molecule has 6 atom stereocenters. The van der Waals surface area contributed by atoms with E-state index in [0.29, 0.717) is 24.3 Å². The molecule has 2 aliphatic carbocycles. The molecule has 4 nitrogen and oxygen atoms in total. The first-order valence-electron chi connectivity index (χ1n) is 13.2. The van der Waals surface area contributed by atoms with Crippen molar-refractivity contribution in [3.05, 3.63) is 93.9 Å². The summed E-state index contributed by atoms with van der Waals surface area (Å²) in [7, 11) is 0.